The summed E-state index contributed by atoms with van der Waals surface area (Å²) in [5.74, 6) is 3.62. The molecule has 0 atom stereocenters. The Bertz CT molecular complexity index is 700. The number of aromatic nitrogens is 1. The Morgan fingerprint density at radius 1 is 1.15 bits per heavy atom. The Kier molecular flexibility index (Phi) is 4.10. The third-order valence-electron chi connectivity index (χ3n) is 2.34. The van der Waals surface area contributed by atoms with Crippen LogP contribution in [-0.2, 0) is 4.79 Å². The molecule has 5 heteroatoms. The highest BCUT2D eigenvalue weighted by Gasteiger charge is 2.05. The number of carbonyl (C=O) groups excluding carboxylic acids is 1. The van der Waals surface area contributed by atoms with Crippen molar-refractivity contribution in [2.24, 2.45) is 0 Å². The summed E-state index contributed by atoms with van der Waals surface area (Å²) < 4.78 is 0. The maximum Gasteiger partial charge on any atom is 0.335 e. The first-order valence-corrected chi connectivity index (χ1v) is 5.72. The molecule has 0 saturated carbocycles. The maximum atomic E-state index is 11.6. The molecule has 0 aliphatic carbocycles. The van der Waals surface area contributed by atoms with E-state index in [9.17, 15) is 9.59 Å². The van der Waals surface area contributed by atoms with Crippen molar-refractivity contribution >= 4 is 17.7 Å². The zero-order valence-electron chi connectivity index (χ0n) is 10.3. The van der Waals surface area contributed by atoms with Gasteiger partial charge in [0.25, 0.3) is 0 Å². The Morgan fingerprint density at radius 3 is 2.60 bits per heavy atom. The van der Waals surface area contributed by atoms with Gasteiger partial charge in [-0.3, -0.25) is 10.1 Å². The second-order valence-electron chi connectivity index (χ2n) is 3.81. The molecule has 0 radical (unpaired) electrons. The minimum Gasteiger partial charge on any atom is -0.478 e. The summed E-state index contributed by atoms with van der Waals surface area (Å²) in [7, 11) is 0. The van der Waals surface area contributed by atoms with Gasteiger partial charge >= 0.3 is 11.9 Å². The van der Waals surface area contributed by atoms with Gasteiger partial charge in [-0.05, 0) is 24.3 Å². The monoisotopic (exact) mass is 266 g/mol. The molecule has 1 amide bonds. The summed E-state index contributed by atoms with van der Waals surface area (Å²) >= 11 is 0. The molecule has 2 rings (SSSR count). The summed E-state index contributed by atoms with van der Waals surface area (Å²) in [4.78, 5) is 26.2. The molecule has 1 aromatic carbocycles. The predicted octanol–water partition coefficient (Wildman–Crippen LogP) is 1.77. The molecular formula is C15H10N2O3. The average molecular weight is 266 g/mol. The molecule has 0 aliphatic rings. The quantitative estimate of drug-likeness (QED) is 0.812. The van der Waals surface area contributed by atoms with Gasteiger partial charge in [-0.2, -0.15) is 0 Å². The number of pyridine rings is 1. The maximum absolute atomic E-state index is 11.6. The van der Waals surface area contributed by atoms with Crippen molar-refractivity contribution in [3.05, 3.63) is 59.8 Å². The standard InChI is InChI=1S/C15H10N2O3/c18-14(7-6-11-4-2-1-3-5-11)17-13-10-12(15(19)20)8-9-16-13/h1-5,8-10H,(H,19,20)(H,16,17,18). The summed E-state index contributed by atoms with van der Waals surface area (Å²) in [5, 5.41) is 11.2. The van der Waals surface area contributed by atoms with E-state index < -0.39 is 11.9 Å². The summed E-state index contributed by atoms with van der Waals surface area (Å²) in [6.07, 6.45) is 1.31. The number of rotatable bonds is 2. The van der Waals surface area contributed by atoms with E-state index in [1.807, 2.05) is 18.2 Å². The van der Waals surface area contributed by atoms with Crippen molar-refractivity contribution in [2.45, 2.75) is 0 Å². The molecule has 0 unspecified atom stereocenters. The molecule has 0 spiro atoms. The predicted molar refractivity (Wildman–Crippen MR) is 73.1 cm³/mol. The van der Waals surface area contributed by atoms with Crippen molar-refractivity contribution in [1.29, 1.82) is 0 Å². The highest BCUT2D eigenvalue weighted by Crippen LogP contribution is 2.06. The molecule has 0 bridgehead atoms. The Balaban J connectivity index is 2.07. The van der Waals surface area contributed by atoms with E-state index in [0.717, 1.165) is 5.56 Å². The van der Waals surface area contributed by atoms with Crippen LogP contribution in [0.4, 0.5) is 5.82 Å². The number of carboxylic acids is 1. The third-order valence-corrected chi connectivity index (χ3v) is 2.34. The van der Waals surface area contributed by atoms with Crippen molar-refractivity contribution in [2.75, 3.05) is 5.32 Å². The molecule has 1 aromatic heterocycles. The molecule has 0 saturated heterocycles. The second kappa shape index (κ2) is 6.16. The van der Waals surface area contributed by atoms with E-state index in [-0.39, 0.29) is 11.4 Å². The van der Waals surface area contributed by atoms with Crippen LogP contribution in [0.3, 0.4) is 0 Å². The number of carboxylic acid groups (broad SMARTS) is 1. The van der Waals surface area contributed by atoms with Crippen LogP contribution in [0.5, 0.6) is 0 Å². The van der Waals surface area contributed by atoms with E-state index in [2.05, 4.69) is 22.1 Å². The topological polar surface area (TPSA) is 79.3 Å². The molecule has 1 heterocycles. The van der Waals surface area contributed by atoms with Gasteiger partial charge in [0.1, 0.15) is 5.82 Å². The van der Waals surface area contributed by atoms with Crippen LogP contribution < -0.4 is 5.32 Å². The SMILES string of the molecule is O=C(C#Cc1ccccc1)Nc1cc(C(=O)O)ccn1. The fourth-order valence-corrected chi connectivity index (χ4v) is 1.43. The lowest BCUT2D eigenvalue weighted by Crippen LogP contribution is -2.10. The summed E-state index contributed by atoms with van der Waals surface area (Å²) in [6, 6.07) is 11.7. The number of nitrogens with zero attached hydrogens (tertiary/aromatic N) is 1. The van der Waals surface area contributed by atoms with E-state index in [1.54, 1.807) is 12.1 Å². The lowest BCUT2D eigenvalue weighted by molar-refractivity contribution is -0.111. The van der Waals surface area contributed by atoms with Crippen LogP contribution in [-0.4, -0.2) is 22.0 Å². The fourth-order valence-electron chi connectivity index (χ4n) is 1.43. The number of nitrogens with one attached hydrogen (secondary N) is 1. The number of amides is 1. The molecule has 0 fully saturated rings. The van der Waals surface area contributed by atoms with Crippen LogP contribution in [0.2, 0.25) is 0 Å². The first-order chi connectivity index (χ1) is 9.65. The van der Waals surface area contributed by atoms with Gasteiger partial charge in [-0.1, -0.05) is 24.1 Å². The van der Waals surface area contributed by atoms with Crippen LogP contribution >= 0.6 is 0 Å². The first kappa shape index (κ1) is 13.3. The minimum absolute atomic E-state index is 0.0475. The minimum atomic E-state index is -1.08. The molecule has 98 valence electrons. The van der Waals surface area contributed by atoms with Gasteiger partial charge in [-0.15, -0.1) is 0 Å². The Hall–Kier alpha value is -3.13. The molecule has 2 N–H and O–H groups in total. The van der Waals surface area contributed by atoms with Crippen LogP contribution in [0, 0.1) is 11.8 Å². The molecule has 2 aromatic rings. The van der Waals surface area contributed by atoms with Crippen molar-refractivity contribution in [3.63, 3.8) is 0 Å². The highest BCUT2D eigenvalue weighted by atomic mass is 16.4. The highest BCUT2D eigenvalue weighted by molar-refractivity contribution is 6.04. The molecular weight excluding hydrogens is 256 g/mol. The number of aromatic carboxylic acids is 1. The fraction of sp³-hybridized carbons (Fsp3) is 0. The number of hydrogen-bond acceptors (Lipinski definition) is 3. The van der Waals surface area contributed by atoms with Gasteiger partial charge in [-0.25, -0.2) is 9.78 Å². The number of hydrogen-bond donors (Lipinski definition) is 2. The lowest BCUT2D eigenvalue weighted by Gasteiger charge is -2.00. The number of carbonyl (C=O) groups is 2. The third kappa shape index (κ3) is 3.68. The number of benzene rings is 1. The van der Waals surface area contributed by atoms with Crippen LogP contribution in [0.25, 0.3) is 0 Å². The van der Waals surface area contributed by atoms with E-state index in [1.165, 1.54) is 18.3 Å². The van der Waals surface area contributed by atoms with Gasteiger partial charge < -0.3 is 5.11 Å². The lowest BCUT2D eigenvalue weighted by atomic mass is 10.2. The smallest absolute Gasteiger partial charge is 0.335 e. The van der Waals surface area contributed by atoms with Gasteiger partial charge in [0.15, 0.2) is 0 Å². The normalized spacial score (nSPS) is 9.20. The van der Waals surface area contributed by atoms with E-state index in [4.69, 9.17) is 5.11 Å². The zero-order valence-corrected chi connectivity index (χ0v) is 10.3. The number of anilines is 1. The van der Waals surface area contributed by atoms with Gasteiger partial charge in [0.2, 0.25) is 0 Å². The van der Waals surface area contributed by atoms with E-state index >= 15 is 0 Å². The summed E-state index contributed by atoms with van der Waals surface area (Å²) in [6.45, 7) is 0. The largest absolute Gasteiger partial charge is 0.478 e. The van der Waals surface area contributed by atoms with Crippen molar-refractivity contribution in [3.8, 4) is 11.8 Å². The zero-order chi connectivity index (χ0) is 14.4. The van der Waals surface area contributed by atoms with Gasteiger partial charge in [0.05, 0.1) is 5.56 Å². The molecule has 20 heavy (non-hydrogen) atoms. The Labute approximate surface area is 115 Å². The molecule has 0 aliphatic heterocycles. The first-order valence-electron chi connectivity index (χ1n) is 5.72. The summed E-state index contributed by atoms with van der Waals surface area (Å²) in [5.41, 5.74) is 0.765. The van der Waals surface area contributed by atoms with Crippen LogP contribution in [0.15, 0.2) is 48.7 Å². The van der Waals surface area contributed by atoms with E-state index in [0.29, 0.717) is 0 Å². The average Bonchev–Trinajstić information content (AvgIpc) is 2.46. The Morgan fingerprint density at radius 2 is 1.90 bits per heavy atom. The van der Waals surface area contributed by atoms with Gasteiger partial charge in [0, 0.05) is 17.7 Å². The second-order valence-corrected chi connectivity index (χ2v) is 3.81. The van der Waals surface area contributed by atoms with Crippen LogP contribution in [0.1, 0.15) is 15.9 Å². The van der Waals surface area contributed by atoms with Crippen molar-refractivity contribution < 1.29 is 14.7 Å². The van der Waals surface area contributed by atoms with Crippen molar-refractivity contribution in [1.82, 2.24) is 4.98 Å². The molecule has 5 nitrogen and oxygen atoms in total.